The first kappa shape index (κ1) is 25.6. The number of hydrazone groups is 1. The molecule has 0 saturated carbocycles. The molecule has 9 nitrogen and oxygen atoms in total. The van der Waals surface area contributed by atoms with Crippen LogP contribution in [0.4, 0.5) is 10.5 Å². The molecule has 0 fully saturated rings. The fourth-order valence-electron chi connectivity index (χ4n) is 4.37. The summed E-state index contributed by atoms with van der Waals surface area (Å²) in [5.41, 5.74) is 4.79. The average Bonchev–Trinajstić information content (AvgIpc) is 2.94. The average molecular weight is 511 g/mol. The maximum atomic E-state index is 12.1. The van der Waals surface area contributed by atoms with Crippen molar-refractivity contribution >= 4 is 41.4 Å². The second-order valence-corrected chi connectivity index (χ2v) is 9.27. The number of nitrogens with zero attached hydrogens (tertiary/aromatic N) is 4. The largest absolute Gasteiger partial charge is 0.497 e. The summed E-state index contributed by atoms with van der Waals surface area (Å²) >= 11 is 1.34. The number of anilines is 1. The molecule has 0 bridgehead atoms. The van der Waals surface area contributed by atoms with E-state index in [-0.39, 0.29) is 0 Å². The lowest BCUT2D eigenvalue weighted by molar-refractivity contribution is -0.109. The molecule has 2 aliphatic rings. The Balaban J connectivity index is 1.71. The van der Waals surface area contributed by atoms with Crippen molar-refractivity contribution in [1.29, 1.82) is 0 Å². The second-order valence-electron chi connectivity index (χ2n) is 8.16. The van der Waals surface area contributed by atoms with E-state index in [1.165, 1.54) is 24.4 Å². The van der Waals surface area contributed by atoms with Gasteiger partial charge in [0.25, 0.3) is 0 Å². The number of amidine groups is 1. The Bertz CT molecular complexity index is 1200. The number of thioether (sulfide) groups is 1. The maximum absolute atomic E-state index is 12.1. The van der Waals surface area contributed by atoms with Crippen molar-refractivity contribution in [3.05, 3.63) is 53.1 Å². The van der Waals surface area contributed by atoms with E-state index in [0.29, 0.717) is 24.3 Å². The van der Waals surface area contributed by atoms with Gasteiger partial charge >= 0.3 is 6.09 Å². The first-order valence-corrected chi connectivity index (χ1v) is 12.8. The van der Waals surface area contributed by atoms with Gasteiger partial charge in [-0.1, -0.05) is 6.07 Å². The highest BCUT2D eigenvalue weighted by Gasteiger charge is 2.31. The molecule has 1 unspecified atom stereocenters. The van der Waals surface area contributed by atoms with Crippen LogP contribution in [0.5, 0.6) is 11.5 Å². The molecule has 36 heavy (non-hydrogen) atoms. The van der Waals surface area contributed by atoms with E-state index in [2.05, 4.69) is 22.1 Å². The smallest absolute Gasteiger partial charge is 0.431 e. The van der Waals surface area contributed by atoms with Crippen LogP contribution in [0.25, 0.3) is 0 Å². The SMILES string of the molecule is CCN=C(c1ccc(OC)cc1OC)N1CCCc2cc(C3=NN(C(=O)OC)C(C=O)SC3)ccc21. The van der Waals surface area contributed by atoms with Crippen LogP contribution in [0.1, 0.15) is 30.0 Å². The van der Waals surface area contributed by atoms with Gasteiger partial charge in [0.15, 0.2) is 11.7 Å². The number of aldehydes is 1. The minimum Gasteiger partial charge on any atom is -0.497 e. The summed E-state index contributed by atoms with van der Waals surface area (Å²) in [4.78, 5) is 30.6. The Morgan fingerprint density at radius 3 is 2.72 bits per heavy atom. The number of fused-ring (bicyclic) bond motifs is 1. The van der Waals surface area contributed by atoms with Crippen LogP contribution in [0.15, 0.2) is 46.5 Å². The molecule has 1 amide bonds. The highest BCUT2D eigenvalue weighted by Crippen LogP contribution is 2.34. The number of aryl methyl sites for hydroxylation is 1. The molecule has 0 N–H and O–H groups in total. The minimum absolute atomic E-state index is 0.519. The van der Waals surface area contributed by atoms with Crippen LogP contribution in [-0.4, -0.2) is 74.5 Å². The lowest BCUT2D eigenvalue weighted by Crippen LogP contribution is -2.40. The zero-order valence-corrected chi connectivity index (χ0v) is 21.7. The fraction of sp³-hybridized carbons (Fsp3) is 0.385. The predicted octanol–water partition coefficient (Wildman–Crippen LogP) is 3.97. The summed E-state index contributed by atoms with van der Waals surface area (Å²) in [6.07, 6.45) is 1.92. The maximum Gasteiger partial charge on any atom is 0.431 e. The molecule has 0 saturated heterocycles. The highest BCUT2D eigenvalue weighted by molar-refractivity contribution is 8.01. The van der Waals surface area contributed by atoms with Crippen LogP contribution >= 0.6 is 11.8 Å². The summed E-state index contributed by atoms with van der Waals surface area (Å²) in [5, 5.41) is 4.86. The number of benzene rings is 2. The molecule has 10 heteroatoms. The molecule has 190 valence electrons. The molecule has 0 aromatic heterocycles. The molecule has 1 atom stereocenters. The number of rotatable bonds is 6. The first-order valence-electron chi connectivity index (χ1n) is 11.7. The third-order valence-electron chi connectivity index (χ3n) is 6.08. The molecular weight excluding hydrogens is 480 g/mol. The Morgan fingerprint density at radius 2 is 2.03 bits per heavy atom. The molecule has 4 rings (SSSR count). The Kier molecular flexibility index (Phi) is 8.14. The van der Waals surface area contributed by atoms with E-state index in [4.69, 9.17) is 19.2 Å². The van der Waals surface area contributed by atoms with Gasteiger partial charge in [0, 0.05) is 30.6 Å². The molecular formula is C26H30N4O5S. The van der Waals surface area contributed by atoms with Crippen LogP contribution in [-0.2, 0) is 16.0 Å². The molecule has 2 aromatic carbocycles. The Hall–Kier alpha value is -3.53. The van der Waals surface area contributed by atoms with Crippen LogP contribution in [0.2, 0.25) is 0 Å². The van der Waals surface area contributed by atoms with Crippen molar-refractivity contribution in [1.82, 2.24) is 5.01 Å². The summed E-state index contributed by atoms with van der Waals surface area (Å²) in [6.45, 7) is 3.47. The molecule has 0 radical (unpaired) electrons. The van der Waals surface area contributed by atoms with Gasteiger partial charge in [-0.25, -0.2) is 4.79 Å². The van der Waals surface area contributed by atoms with Crippen molar-refractivity contribution < 1.29 is 23.8 Å². The number of methoxy groups -OCH3 is 3. The Morgan fingerprint density at radius 1 is 1.19 bits per heavy atom. The van der Waals surface area contributed by atoms with E-state index < -0.39 is 11.5 Å². The number of aliphatic imine (C=N–C) groups is 1. The van der Waals surface area contributed by atoms with Crippen LogP contribution in [0, 0.1) is 0 Å². The van der Waals surface area contributed by atoms with Crippen molar-refractivity contribution in [2.24, 2.45) is 10.1 Å². The van der Waals surface area contributed by atoms with Gasteiger partial charge in [-0.15, -0.1) is 11.8 Å². The summed E-state index contributed by atoms with van der Waals surface area (Å²) < 4.78 is 15.9. The monoisotopic (exact) mass is 510 g/mol. The number of amides is 1. The topological polar surface area (TPSA) is 93.0 Å². The zero-order chi connectivity index (χ0) is 25.7. The van der Waals surface area contributed by atoms with E-state index in [9.17, 15) is 9.59 Å². The van der Waals surface area contributed by atoms with Gasteiger partial charge in [-0.05, 0) is 55.2 Å². The molecule has 2 aliphatic heterocycles. The Labute approximate surface area is 215 Å². The quantitative estimate of drug-likeness (QED) is 0.330. The zero-order valence-electron chi connectivity index (χ0n) is 20.9. The van der Waals surface area contributed by atoms with Gasteiger partial charge < -0.3 is 19.1 Å². The third-order valence-corrected chi connectivity index (χ3v) is 7.18. The summed E-state index contributed by atoms with van der Waals surface area (Å²) in [5.74, 6) is 2.79. The van der Waals surface area contributed by atoms with Gasteiger partial charge in [0.05, 0.1) is 32.6 Å². The fourth-order valence-corrected chi connectivity index (χ4v) is 5.28. The first-order chi connectivity index (χ1) is 17.5. The van der Waals surface area contributed by atoms with Crippen LogP contribution < -0.4 is 14.4 Å². The van der Waals surface area contributed by atoms with Crippen molar-refractivity contribution in [2.75, 3.05) is 45.1 Å². The highest BCUT2D eigenvalue weighted by atomic mass is 32.2. The van der Waals surface area contributed by atoms with Gasteiger partial charge in [0.2, 0.25) is 0 Å². The molecule has 2 heterocycles. The van der Waals surface area contributed by atoms with Gasteiger partial charge in [0.1, 0.15) is 17.3 Å². The van der Waals surface area contributed by atoms with Crippen molar-refractivity contribution in [2.45, 2.75) is 25.1 Å². The van der Waals surface area contributed by atoms with E-state index >= 15 is 0 Å². The predicted molar refractivity (Wildman–Crippen MR) is 142 cm³/mol. The summed E-state index contributed by atoms with van der Waals surface area (Å²) in [6, 6.07) is 12.0. The van der Waals surface area contributed by atoms with Crippen LogP contribution in [0.3, 0.4) is 0 Å². The van der Waals surface area contributed by atoms with Gasteiger partial charge in [-0.3, -0.25) is 9.79 Å². The standard InChI is InChI=1S/C26H30N4O5S/c1-5-27-25(20-10-9-19(33-2)14-23(20)34-3)29-12-6-7-18-13-17(8-11-22(18)29)21-16-36-24(15-31)30(28-21)26(32)35-4/h8-11,13-15,24H,5-7,12,16H2,1-4H3. The third kappa shape index (κ3) is 5.04. The lowest BCUT2D eigenvalue weighted by atomic mass is 9.96. The molecule has 0 aliphatic carbocycles. The van der Waals surface area contributed by atoms with E-state index in [1.807, 2.05) is 31.2 Å². The number of carbonyl (C=O) groups is 2. The number of carbonyl (C=O) groups excluding carboxylic acids is 2. The second kappa shape index (κ2) is 11.5. The van der Waals surface area contributed by atoms with Gasteiger partial charge in [-0.2, -0.15) is 10.1 Å². The normalized spacial score (nSPS) is 17.7. The number of hydrogen-bond acceptors (Lipinski definition) is 8. The molecule has 0 spiro atoms. The van der Waals surface area contributed by atoms with E-state index in [1.54, 1.807) is 14.2 Å². The number of ether oxygens (including phenoxy) is 3. The van der Waals surface area contributed by atoms with Crippen molar-refractivity contribution in [3.8, 4) is 11.5 Å². The number of hydrogen-bond donors (Lipinski definition) is 0. The lowest BCUT2D eigenvalue weighted by Gasteiger charge is -2.33. The van der Waals surface area contributed by atoms with E-state index in [0.717, 1.165) is 58.5 Å². The minimum atomic E-state index is -0.693. The van der Waals surface area contributed by atoms with Crippen molar-refractivity contribution in [3.63, 3.8) is 0 Å². The summed E-state index contributed by atoms with van der Waals surface area (Å²) in [7, 11) is 4.56. The molecule has 2 aromatic rings.